The minimum absolute atomic E-state index is 0.0176. The molecule has 2 aromatic carbocycles. The van der Waals surface area contributed by atoms with E-state index in [-0.39, 0.29) is 22.7 Å². The quantitative estimate of drug-likeness (QED) is 0.308. The second-order valence-electron chi connectivity index (χ2n) is 7.93. The third kappa shape index (κ3) is 3.52. The van der Waals surface area contributed by atoms with E-state index in [1.54, 1.807) is 28.8 Å². The third-order valence-electron chi connectivity index (χ3n) is 5.76. The Morgan fingerprint density at radius 3 is 2.50 bits per heavy atom. The first-order valence-corrected chi connectivity index (χ1v) is 10.7. The topological polar surface area (TPSA) is 105 Å². The zero-order valence-corrected chi connectivity index (χ0v) is 18.2. The van der Waals surface area contributed by atoms with Crippen LogP contribution in [0.5, 0.6) is 5.75 Å². The van der Waals surface area contributed by atoms with E-state index in [1.165, 1.54) is 0 Å². The predicted octanol–water partition coefficient (Wildman–Crippen LogP) is 5.59. The summed E-state index contributed by atoms with van der Waals surface area (Å²) < 4.78 is 7.32. The number of nitriles is 1. The Morgan fingerprint density at radius 1 is 1.09 bits per heavy atom. The molecule has 0 unspecified atom stereocenters. The Bertz CT molecular complexity index is 1390. The van der Waals surface area contributed by atoms with E-state index in [4.69, 9.17) is 10.2 Å². The summed E-state index contributed by atoms with van der Waals surface area (Å²) in [5.74, 6) is 0.102. The Kier molecular flexibility index (Phi) is 5.74. The first kappa shape index (κ1) is 21.3. The highest BCUT2D eigenvalue weighted by molar-refractivity contribution is 5.96. The summed E-state index contributed by atoms with van der Waals surface area (Å²) in [6.45, 7) is 4.59. The monoisotopic (exact) mass is 427 g/mol. The number of nitrogen functional groups attached to an aromatic ring is 1. The Morgan fingerprint density at radius 2 is 1.81 bits per heavy atom. The van der Waals surface area contributed by atoms with Crippen molar-refractivity contribution >= 4 is 16.8 Å². The first-order chi connectivity index (χ1) is 15.5. The normalized spacial score (nSPS) is 11.0. The highest BCUT2D eigenvalue weighted by Crippen LogP contribution is 2.44. The number of unbranched alkanes of at least 4 members (excludes halogenated alkanes) is 2. The SMILES string of the molecule is CCCCCn1c(N)c(C#N)c(-c2ccc(C)cc2)c1-c1c(O)c2ccccc2oc1=O. The van der Waals surface area contributed by atoms with Gasteiger partial charge in [-0.15, -0.1) is 0 Å². The maximum absolute atomic E-state index is 13.1. The number of fused-ring (bicyclic) bond motifs is 1. The van der Waals surface area contributed by atoms with Gasteiger partial charge in [0.05, 0.1) is 11.1 Å². The van der Waals surface area contributed by atoms with Crippen LogP contribution in [0.2, 0.25) is 0 Å². The fraction of sp³-hybridized carbons (Fsp3) is 0.231. The van der Waals surface area contributed by atoms with Crippen LogP contribution in [0.25, 0.3) is 33.4 Å². The minimum atomic E-state index is -0.673. The van der Waals surface area contributed by atoms with Crippen molar-refractivity contribution in [1.29, 1.82) is 5.26 Å². The van der Waals surface area contributed by atoms with Crippen LogP contribution in [0.15, 0.2) is 57.7 Å². The first-order valence-electron chi connectivity index (χ1n) is 10.7. The standard InChI is InChI=1S/C26H25N3O3/c1-3-4-7-14-29-23(22-24(30)18-8-5-6-9-20(18)32-26(22)31)21(19(15-27)25(29)28)17-12-10-16(2)11-13-17/h5-6,8-13,30H,3-4,7,14,28H2,1-2H3. The summed E-state index contributed by atoms with van der Waals surface area (Å²) in [5.41, 5.74) is 9.12. The lowest BCUT2D eigenvalue weighted by Crippen LogP contribution is -2.11. The number of hydrogen-bond acceptors (Lipinski definition) is 5. The lowest BCUT2D eigenvalue weighted by molar-refractivity contribution is 0.470. The molecule has 6 heteroatoms. The van der Waals surface area contributed by atoms with E-state index in [1.807, 2.05) is 31.2 Å². The molecule has 0 bridgehead atoms. The summed E-state index contributed by atoms with van der Waals surface area (Å²) >= 11 is 0. The van der Waals surface area contributed by atoms with Crippen LogP contribution in [0, 0.1) is 18.3 Å². The van der Waals surface area contributed by atoms with Gasteiger partial charge >= 0.3 is 5.63 Å². The Hall–Kier alpha value is -3.98. The molecule has 3 N–H and O–H groups in total. The van der Waals surface area contributed by atoms with Crippen LogP contribution in [0.3, 0.4) is 0 Å². The zero-order valence-electron chi connectivity index (χ0n) is 18.2. The van der Waals surface area contributed by atoms with Gasteiger partial charge in [-0.2, -0.15) is 5.26 Å². The van der Waals surface area contributed by atoms with Crippen molar-refractivity contribution in [3.63, 3.8) is 0 Å². The maximum Gasteiger partial charge on any atom is 0.349 e. The molecule has 0 fully saturated rings. The molecule has 0 radical (unpaired) electrons. The van der Waals surface area contributed by atoms with E-state index in [0.717, 1.165) is 30.4 Å². The van der Waals surface area contributed by atoms with E-state index < -0.39 is 5.63 Å². The number of para-hydroxylation sites is 1. The van der Waals surface area contributed by atoms with Gasteiger partial charge in [0.15, 0.2) is 0 Å². The highest BCUT2D eigenvalue weighted by Gasteiger charge is 2.28. The average molecular weight is 428 g/mol. The second-order valence-corrected chi connectivity index (χ2v) is 7.93. The lowest BCUT2D eigenvalue weighted by Gasteiger charge is -2.14. The van der Waals surface area contributed by atoms with Gasteiger partial charge in [0.1, 0.15) is 34.3 Å². The van der Waals surface area contributed by atoms with Gasteiger partial charge in [0.2, 0.25) is 0 Å². The summed E-state index contributed by atoms with van der Waals surface area (Å²) in [4.78, 5) is 13.1. The van der Waals surface area contributed by atoms with Crippen molar-refractivity contribution in [3.05, 3.63) is 70.1 Å². The molecule has 0 spiro atoms. The molecule has 6 nitrogen and oxygen atoms in total. The molecule has 0 saturated carbocycles. The van der Waals surface area contributed by atoms with E-state index in [2.05, 4.69) is 13.0 Å². The summed E-state index contributed by atoms with van der Waals surface area (Å²) in [6.07, 6.45) is 2.80. The third-order valence-corrected chi connectivity index (χ3v) is 5.76. The van der Waals surface area contributed by atoms with Gasteiger partial charge in [0.25, 0.3) is 0 Å². The number of nitrogens with zero attached hydrogens (tertiary/aromatic N) is 2. The molecule has 0 aliphatic carbocycles. The van der Waals surface area contributed by atoms with Crippen LogP contribution < -0.4 is 11.4 Å². The van der Waals surface area contributed by atoms with E-state index in [0.29, 0.717) is 28.8 Å². The molecule has 32 heavy (non-hydrogen) atoms. The molecule has 0 atom stereocenters. The number of nitrogens with two attached hydrogens (primary N) is 1. The second kappa shape index (κ2) is 8.64. The number of anilines is 1. The summed E-state index contributed by atoms with van der Waals surface area (Å²) in [5, 5.41) is 21.6. The van der Waals surface area contributed by atoms with Crippen LogP contribution >= 0.6 is 0 Å². The summed E-state index contributed by atoms with van der Waals surface area (Å²) in [7, 11) is 0. The van der Waals surface area contributed by atoms with E-state index >= 15 is 0 Å². The van der Waals surface area contributed by atoms with E-state index in [9.17, 15) is 15.2 Å². The number of aromatic nitrogens is 1. The molecule has 2 aromatic heterocycles. The van der Waals surface area contributed by atoms with Gasteiger partial charge in [-0.25, -0.2) is 4.79 Å². The molecule has 0 amide bonds. The number of rotatable bonds is 6. The molecule has 4 rings (SSSR count). The zero-order chi connectivity index (χ0) is 22.8. The molecule has 0 saturated heterocycles. The Balaban J connectivity index is 2.11. The highest BCUT2D eigenvalue weighted by atomic mass is 16.4. The lowest BCUT2D eigenvalue weighted by atomic mass is 9.97. The summed E-state index contributed by atoms with van der Waals surface area (Å²) in [6, 6.07) is 16.7. The van der Waals surface area contributed by atoms with Gasteiger partial charge in [-0.05, 0) is 31.0 Å². The number of aryl methyl sites for hydroxylation is 1. The molecule has 0 aliphatic heterocycles. The van der Waals surface area contributed by atoms with Crippen LogP contribution in [0.1, 0.15) is 37.3 Å². The van der Waals surface area contributed by atoms with Crippen molar-refractivity contribution in [2.45, 2.75) is 39.7 Å². The molecule has 2 heterocycles. The predicted molar refractivity (Wildman–Crippen MR) is 126 cm³/mol. The fourth-order valence-electron chi connectivity index (χ4n) is 4.11. The average Bonchev–Trinajstić information content (AvgIpc) is 3.06. The van der Waals surface area contributed by atoms with Crippen molar-refractivity contribution < 1.29 is 9.52 Å². The number of benzene rings is 2. The molecule has 162 valence electrons. The molecule has 4 aromatic rings. The number of hydrogen-bond donors (Lipinski definition) is 2. The van der Waals surface area contributed by atoms with Gasteiger partial charge in [-0.1, -0.05) is 61.7 Å². The Labute approximate surface area is 186 Å². The van der Waals surface area contributed by atoms with Crippen molar-refractivity contribution in [2.24, 2.45) is 0 Å². The number of aromatic hydroxyl groups is 1. The minimum Gasteiger partial charge on any atom is -0.506 e. The van der Waals surface area contributed by atoms with Gasteiger partial charge < -0.3 is 19.8 Å². The van der Waals surface area contributed by atoms with Crippen molar-refractivity contribution in [3.8, 4) is 34.2 Å². The van der Waals surface area contributed by atoms with Crippen molar-refractivity contribution in [2.75, 3.05) is 5.73 Å². The molecule has 0 aliphatic rings. The maximum atomic E-state index is 13.1. The fourth-order valence-corrected chi connectivity index (χ4v) is 4.11. The molecular formula is C26H25N3O3. The van der Waals surface area contributed by atoms with Crippen molar-refractivity contribution in [1.82, 2.24) is 4.57 Å². The van der Waals surface area contributed by atoms with Crippen LogP contribution in [0.4, 0.5) is 5.82 Å². The van der Waals surface area contributed by atoms with Crippen LogP contribution in [-0.4, -0.2) is 9.67 Å². The van der Waals surface area contributed by atoms with Crippen LogP contribution in [-0.2, 0) is 6.54 Å². The van der Waals surface area contributed by atoms with Gasteiger partial charge in [0, 0.05) is 12.1 Å². The molecular weight excluding hydrogens is 402 g/mol. The van der Waals surface area contributed by atoms with Gasteiger partial charge in [-0.3, -0.25) is 0 Å². The smallest absolute Gasteiger partial charge is 0.349 e. The largest absolute Gasteiger partial charge is 0.506 e.